The Labute approximate surface area is 98.9 Å². The molecule has 0 radical (unpaired) electrons. The highest BCUT2D eigenvalue weighted by atomic mass is 32.2. The van der Waals surface area contributed by atoms with Crippen molar-refractivity contribution in [3.63, 3.8) is 0 Å². The van der Waals surface area contributed by atoms with E-state index < -0.39 is 9.84 Å². The molecule has 2 unspecified atom stereocenters. The molecule has 92 valence electrons. The fourth-order valence-corrected chi connectivity index (χ4v) is 4.07. The number of rotatable bonds is 6. The minimum Gasteiger partial charge on any atom is -0.313 e. The minimum atomic E-state index is -2.76. The van der Waals surface area contributed by atoms with E-state index >= 15 is 0 Å². The number of terminal acetylenes is 1. The molecular weight excluding hydrogens is 222 g/mol. The van der Waals surface area contributed by atoms with Crippen LogP contribution in [0.25, 0.3) is 0 Å². The van der Waals surface area contributed by atoms with E-state index in [4.69, 9.17) is 6.42 Å². The largest absolute Gasteiger partial charge is 0.313 e. The molecule has 1 N–H and O–H groups in total. The van der Waals surface area contributed by atoms with Crippen LogP contribution in [0.1, 0.15) is 32.6 Å². The molecule has 1 rings (SSSR count). The molecule has 16 heavy (non-hydrogen) atoms. The average molecular weight is 243 g/mol. The summed E-state index contributed by atoms with van der Waals surface area (Å²) in [4.78, 5) is 0. The van der Waals surface area contributed by atoms with Gasteiger partial charge in [-0.05, 0) is 31.7 Å². The summed E-state index contributed by atoms with van der Waals surface area (Å²) in [6.07, 6.45) is 8.78. The van der Waals surface area contributed by atoms with Crippen LogP contribution in [0.2, 0.25) is 0 Å². The minimum absolute atomic E-state index is 0.281. The normalized spacial score (nSPS) is 25.1. The molecule has 0 saturated carbocycles. The predicted octanol–water partition coefficient (Wildman–Crippen LogP) is 1.20. The molecule has 0 aromatic rings. The average Bonchev–Trinajstić information content (AvgIpc) is 2.55. The van der Waals surface area contributed by atoms with E-state index in [9.17, 15) is 8.42 Å². The van der Waals surface area contributed by atoms with Crippen molar-refractivity contribution in [3.8, 4) is 12.3 Å². The molecule has 0 aromatic heterocycles. The summed E-state index contributed by atoms with van der Waals surface area (Å²) in [5.41, 5.74) is 0. The van der Waals surface area contributed by atoms with Crippen molar-refractivity contribution in [3.05, 3.63) is 0 Å². The SMILES string of the molecule is C#CCC(CC1CCS(=O)(=O)C1)NCCC. The van der Waals surface area contributed by atoms with Gasteiger partial charge in [-0.3, -0.25) is 0 Å². The van der Waals surface area contributed by atoms with Gasteiger partial charge in [-0.25, -0.2) is 8.42 Å². The molecule has 0 bridgehead atoms. The summed E-state index contributed by atoms with van der Waals surface area (Å²) in [7, 11) is -2.76. The van der Waals surface area contributed by atoms with E-state index in [-0.39, 0.29) is 6.04 Å². The van der Waals surface area contributed by atoms with Crippen LogP contribution in [0.15, 0.2) is 0 Å². The molecule has 1 aliphatic rings. The molecule has 2 atom stereocenters. The van der Waals surface area contributed by atoms with Crippen LogP contribution >= 0.6 is 0 Å². The van der Waals surface area contributed by atoms with E-state index in [1.165, 1.54) is 0 Å². The van der Waals surface area contributed by atoms with Gasteiger partial charge in [0.05, 0.1) is 11.5 Å². The summed E-state index contributed by atoms with van der Waals surface area (Å²) in [5, 5.41) is 3.39. The lowest BCUT2D eigenvalue weighted by molar-refractivity contribution is 0.410. The lowest BCUT2D eigenvalue weighted by Crippen LogP contribution is -2.31. The number of hydrogen-bond donors (Lipinski definition) is 1. The van der Waals surface area contributed by atoms with Crippen LogP contribution < -0.4 is 5.32 Å². The second-order valence-corrected chi connectivity index (χ2v) is 6.79. The highest BCUT2D eigenvalue weighted by molar-refractivity contribution is 7.91. The van der Waals surface area contributed by atoms with E-state index in [0.717, 1.165) is 25.8 Å². The van der Waals surface area contributed by atoms with E-state index in [0.29, 0.717) is 23.8 Å². The maximum atomic E-state index is 11.3. The van der Waals surface area contributed by atoms with Gasteiger partial charge < -0.3 is 5.32 Å². The zero-order valence-electron chi connectivity index (χ0n) is 9.91. The summed E-state index contributed by atoms with van der Waals surface area (Å²) in [6.45, 7) is 3.06. The van der Waals surface area contributed by atoms with Crippen molar-refractivity contribution in [1.82, 2.24) is 5.32 Å². The van der Waals surface area contributed by atoms with E-state index in [1.54, 1.807) is 0 Å². The van der Waals surface area contributed by atoms with Crippen LogP contribution in [-0.2, 0) is 9.84 Å². The molecule has 0 aliphatic carbocycles. The first-order valence-electron chi connectivity index (χ1n) is 5.94. The third-order valence-corrected chi connectivity index (χ3v) is 4.83. The molecule has 1 fully saturated rings. The van der Waals surface area contributed by atoms with Gasteiger partial charge in [-0.15, -0.1) is 12.3 Å². The first kappa shape index (κ1) is 13.5. The van der Waals surface area contributed by atoms with Crippen molar-refractivity contribution in [1.29, 1.82) is 0 Å². The van der Waals surface area contributed by atoms with Gasteiger partial charge in [0.25, 0.3) is 0 Å². The predicted molar refractivity (Wildman–Crippen MR) is 66.9 cm³/mol. The first-order valence-corrected chi connectivity index (χ1v) is 7.76. The lowest BCUT2D eigenvalue weighted by atomic mass is 9.97. The first-order chi connectivity index (χ1) is 7.57. The Morgan fingerprint density at radius 2 is 2.31 bits per heavy atom. The maximum Gasteiger partial charge on any atom is 0.150 e. The number of hydrogen-bond acceptors (Lipinski definition) is 3. The van der Waals surface area contributed by atoms with Crippen LogP contribution in [-0.4, -0.2) is 32.5 Å². The van der Waals surface area contributed by atoms with Gasteiger partial charge in [-0.1, -0.05) is 6.92 Å². The highest BCUT2D eigenvalue weighted by Crippen LogP contribution is 2.23. The van der Waals surface area contributed by atoms with Gasteiger partial charge >= 0.3 is 0 Å². The van der Waals surface area contributed by atoms with Crippen molar-refractivity contribution >= 4 is 9.84 Å². The highest BCUT2D eigenvalue weighted by Gasteiger charge is 2.29. The van der Waals surface area contributed by atoms with Crippen molar-refractivity contribution in [2.24, 2.45) is 5.92 Å². The van der Waals surface area contributed by atoms with E-state index in [2.05, 4.69) is 18.2 Å². The van der Waals surface area contributed by atoms with Crippen LogP contribution in [0, 0.1) is 18.3 Å². The lowest BCUT2D eigenvalue weighted by Gasteiger charge is -2.19. The topological polar surface area (TPSA) is 46.2 Å². The Bertz CT molecular complexity index is 343. The van der Waals surface area contributed by atoms with Crippen LogP contribution in [0.4, 0.5) is 0 Å². The Morgan fingerprint density at radius 1 is 1.56 bits per heavy atom. The molecular formula is C12H21NO2S. The van der Waals surface area contributed by atoms with E-state index in [1.807, 2.05) is 0 Å². The van der Waals surface area contributed by atoms with Gasteiger partial charge in [-0.2, -0.15) is 0 Å². The second kappa shape index (κ2) is 6.27. The Hall–Kier alpha value is -0.530. The number of nitrogens with one attached hydrogen (secondary N) is 1. The molecule has 1 saturated heterocycles. The summed E-state index contributed by atoms with van der Waals surface area (Å²) < 4.78 is 22.7. The fraction of sp³-hybridized carbons (Fsp3) is 0.833. The Balaban J connectivity index is 2.40. The van der Waals surface area contributed by atoms with Crippen LogP contribution in [0.3, 0.4) is 0 Å². The monoisotopic (exact) mass is 243 g/mol. The molecule has 0 amide bonds. The quantitative estimate of drug-likeness (QED) is 0.713. The standard InChI is InChI=1S/C12H21NO2S/c1-3-5-12(13-7-4-2)9-11-6-8-16(14,15)10-11/h1,11-13H,4-10H2,2H3. The zero-order valence-corrected chi connectivity index (χ0v) is 10.7. The summed E-state index contributed by atoms with van der Waals surface area (Å²) >= 11 is 0. The third kappa shape index (κ3) is 4.54. The van der Waals surface area contributed by atoms with Gasteiger partial charge in [0.15, 0.2) is 9.84 Å². The van der Waals surface area contributed by atoms with Gasteiger partial charge in [0, 0.05) is 12.5 Å². The fourth-order valence-electron chi connectivity index (χ4n) is 2.19. The zero-order chi connectivity index (χ0) is 12.0. The van der Waals surface area contributed by atoms with Crippen molar-refractivity contribution < 1.29 is 8.42 Å². The number of sulfone groups is 1. The van der Waals surface area contributed by atoms with Crippen LogP contribution in [0.5, 0.6) is 0 Å². The maximum absolute atomic E-state index is 11.3. The molecule has 0 aromatic carbocycles. The van der Waals surface area contributed by atoms with Gasteiger partial charge in [0.1, 0.15) is 0 Å². The van der Waals surface area contributed by atoms with Crippen molar-refractivity contribution in [2.45, 2.75) is 38.6 Å². The summed E-state index contributed by atoms with van der Waals surface area (Å²) in [5.74, 6) is 3.66. The smallest absolute Gasteiger partial charge is 0.150 e. The Kier molecular flexibility index (Phi) is 5.30. The molecule has 4 heteroatoms. The van der Waals surface area contributed by atoms with Crippen molar-refractivity contribution in [2.75, 3.05) is 18.1 Å². The van der Waals surface area contributed by atoms with Gasteiger partial charge in [0.2, 0.25) is 0 Å². The molecule has 3 nitrogen and oxygen atoms in total. The summed E-state index contributed by atoms with van der Waals surface area (Å²) in [6, 6.07) is 0.281. The second-order valence-electron chi connectivity index (χ2n) is 4.56. The molecule has 0 spiro atoms. The Morgan fingerprint density at radius 3 is 2.81 bits per heavy atom. The molecule has 1 aliphatic heterocycles. The third-order valence-electron chi connectivity index (χ3n) is 2.99. The molecule has 1 heterocycles.